The molecule has 0 amide bonds. The molecule has 1 heteroatoms. The lowest BCUT2D eigenvalue weighted by Gasteiger charge is -2.62. The first-order valence-electron chi connectivity index (χ1n) is 10.6. The minimum atomic E-state index is 0.381. The van der Waals surface area contributed by atoms with Gasteiger partial charge in [0.2, 0.25) is 0 Å². The summed E-state index contributed by atoms with van der Waals surface area (Å²) in [5.74, 6) is 3.83. The zero-order chi connectivity index (χ0) is 17.5. The quantitative estimate of drug-likeness (QED) is 0.593. The van der Waals surface area contributed by atoms with Crippen LogP contribution in [0.3, 0.4) is 0 Å². The second-order valence-corrected chi connectivity index (χ2v) is 9.59. The molecule has 0 N–H and O–H groups in total. The van der Waals surface area contributed by atoms with E-state index in [2.05, 4.69) is 67.3 Å². The Kier molecular flexibility index (Phi) is 3.03. The van der Waals surface area contributed by atoms with Crippen molar-refractivity contribution in [2.45, 2.75) is 57.4 Å². The van der Waals surface area contributed by atoms with Crippen molar-refractivity contribution < 1.29 is 0 Å². The standard InChI is InChI=1S/C25H29N/c1-16-7-3-5-9-23(16)26-17(2)25(22-8-4-6-10-24(22)26)20-12-18-11-19(14-20)15-21(25)13-18/h3-10,17-21H,11-15H2,1-2H3. The molecule has 1 aliphatic heterocycles. The van der Waals surface area contributed by atoms with Crippen LogP contribution in [0.4, 0.5) is 11.4 Å². The van der Waals surface area contributed by atoms with E-state index in [1.807, 2.05) is 0 Å². The molecule has 5 aliphatic rings. The summed E-state index contributed by atoms with van der Waals surface area (Å²) in [5, 5.41) is 0. The zero-order valence-corrected chi connectivity index (χ0v) is 16.0. The Morgan fingerprint density at radius 2 is 1.35 bits per heavy atom. The highest BCUT2D eigenvalue weighted by Gasteiger charge is 2.64. The molecular formula is C25H29N. The van der Waals surface area contributed by atoms with Crippen molar-refractivity contribution in [2.24, 2.45) is 23.7 Å². The summed E-state index contributed by atoms with van der Waals surface area (Å²) in [7, 11) is 0. The maximum atomic E-state index is 2.70. The lowest BCUT2D eigenvalue weighted by atomic mass is 9.42. The molecule has 0 saturated heterocycles. The van der Waals surface area contributed by atoms with Crippen molar-refractivity contribution in [1.82, 2.24) is 0 Å². The number of hydrogen-bond acceptors (Lipinski definition) is 1. The molecule has 0 aromatic heterocycles. The van der Waals surface area contributed by atoms with Crippen LogP contribution in [-0.4, -0.2) is 6.04 Å². The minimum absolute atomic E-state index is 0.381. The van der Waals surface area contributed by atoms with E-state index in [0.29, 0.717) is 11.5 Å². The normalized spacial score (nSPS) is 39.6. The van der Waals surface area contributed by atoms with Gasteiger partial charge in [0.25, 0.3) is 0 Å². The van der Waals surface area contributed by atoms with Gasteiger partial charge in [-0.2, -0.15) is 0 Å². The van der Waals surface area contributed by atoms with Crippen LogP contribution in [0, 0.1) is 30.6 Å². The van der Waals surface area contributed by atoms with Crippen molar-refractivity contribution in [2.75, 3.05) is 4.90 Å². The summed E-state index contributed by atoms with van der Waals surface area (Å²) in [6, 6.07) is 18.9. The van der Waals surface area contributed by atoms with Gasteiger partial charge in [-0.15, -0.1) is 0 Å². The number of para-hydroxylation sites is 2. The Labute approximate surface area is 157 Å². The van der Waals surface area contributed by atoms with Crippen LogP contribution in [-0.2, 0) is 5.41 Å². The molecule has 0 radical (unpaired) electrons. The first kappa shape index (κ1) is 15.3. The van der Waals surface area contributed by atoms with Gasteiger partial charge in [-0.3, -0.25) is 0 Å². The van der Waals surface area contributed by atoms with Gasteiger partial charge in [-0.05, 0) is 92.9 Å². The van der Waals surface area contributed by atoms with Crippen LogP contribution in [0.25, 0.3) is 0 Å². The van der Waals surface area contributed by atoms with Gasteiger partial charge in [0.15, 0.2) is 0 Å². The van der Waals surface area contributed by atoms with Crippen LogP contribution in [0.15, 0.2) is 48.5 Å². The van der Waals surface area contributed by atoms with Crippen molar-refractivity contribution in [3.63, 3.8) is 0 Å². The van der Waals surface area contributed by atoms with Gasteiger partial charge in [0.05, 0.1) is 0 Å². The summed E-state index contributed by atoms with van der Waals surface area (Å²) in [6.07, 6.45) is 7.45. The summed E-state index contributed by atoms with van der Waals surface area (Å²) >= 11 is 0. The predicted molar refractivity (Wildman–Crippen MR) is 108 cm³/mol. The molecule has 1 heterocycles. The van der Waals surface area contributed by atoms with E-state index in [0.717, 1.165) is 23.7 Å². The van der Waals surface area contributed by atoms with Gasteiger partial charge >= 0.3 is 0 Å². The first-order valence-corrected chi connectivity index (χ1v) is 10.6. The third-order valence-corrected chi connectivity index (χ3v) is 8.57. The fraction of sp³-hybridized carbons (Fsp3) is 0.520. The largest absolute Gasteiger partial charge is 0.337 e. The molecule has 1 atom stereocenters. The van der Waals surface area contributed by atoms with Crippen LogP contribution >= 0.6 is 0 Å². The maximum absolute atomic E-state index is 2.70. The monoisotopic (exact) mass is 343 g/mol. The smallest absolute Gasteiger partial charge is 0.0452 e. The van der Waals surface area contributed by atoms with E-state index in [-0.39, 0.29) is 0 Å². The van der Waals surface area contributed by atoms with E-state index < -0.39 is 0 Å². The number of aryl methyl sites for hydroxylation is 1. The highest BCUT2D eigenvalue weighted by Crippen LogP contribution is 2.68. The lowest BCUT2D eigenvalue weighted by Crippen LogP contribution is -2.60. The Morgan fingerprint density at radius 1 is 0.769 bits per heavy atom. The van der Waals surface area contributed by atoms with Crippen molar-refractivity contribution >= 4 is 11.4 Å². The summed E-state index contributed by atoms with van der Waals surface area (Å²) in [6.45, 7) is 4.81. The number of benzene rings is 2. The van der Waals surface area contributed by atoms with Crippen LogP contribution in [0.2, 0.25) is 0 Å². The van der Waals surface area contributed by atoms with Crippen LogP contribution in [0.1, 0.15) is 50.2 Å². The van der Waals surface area contributed by atoms with E-state index in [4.69, 9.17) is 0 Å². The van der Waals surface area contributed by atoms with E-state index >= 15 is 0 Å². The fourth-order valence-corrected chi connectivity index (χ4v) is 7.96. The fourth-order valence-electron chi connectivity index (χ4n) is 7.96. The molecule has 4 saturated carbocycles. The van der Waals surface area contributed by atoms with Gasteiger partial charge in [-0.1, -0.05) is 36.4 Å². The van der Waals surface area contributed by atoms with Crippen molar-refractivity contribution in [3.8, 4) is 0 Å². The summed E-state index contributed by atoms with van der Waals surface area (Å²) < 4.78 is 0. The number of rotatable bonds is 1. The second-order valence-electron chi connectivity index (χ2n) is 9.59. The molecule has 26 heavy (non-hydrogen) atoms. The predicted octanol–water partition coefficient (Wildman–Crippen LogP) is 6.23. The maximum Gasteiger partial charge on any atom is 0.0452 e. The molecule has 4 fully saturated rings. The molecule has 134 valence electrons. The molecule has 1 unspecified atom stereocenters. The third-order valence-electron chi connectivity index (χ3n) is 8.57. The molecular weight excluding hydrogens is 314 g/mol. The number of fused-ring (bicyclic) bond motifs is 1. The van der Waals surface area contributed by atoms with Crippen molar-refractivity contribution in [1.29, 1.82) is 0 Å². The Hall–Kier alpha value is -1.76. The van der Waals surface area contributed by atoms with E-state index in [1.54, 1.807) is 5.56 Å². The van der Waals surface area contributed by atoms with Gasteiger partial charge in [0, 0.05) is 22.8 Å². The minimum Gasteiger partial charge on any atom is -0.337 e. The molecule has 2 aromatic carbocycles. The Balaban J connectivity index is 1.57. The van der Waals surface area contributed by atoms with Crippen LogP contribution < -0.4 is 4.90 Å². The second kappa shape index (κ2) is 5.15. The van der Waals surface area contributed by atoms with Gasteiger partial charge in [0.1, 0.15) is 0 Å². The first-order chi connectivity index (χ1) is 12.7. The zero-order valence-electron chi connectivity index (χ0n) is 16.0. The molecule has 1 nitrogen and oxygen atoms in total. The molecule has 4 aliphatic carbocycles. The topological polar surface area (TPSA) is 3.24 Å². The van der Waals surface area contributed by atoms with Gasteiger partial charge in [-0.25, -0.2) is 0 Å². The SMILES string of the molecule is Cc1ccccc1N1c2ccccc2C2(C3CC4CC(C3)CC2C4)C1C. The Morgan fingerprint density at radius 3 is 2.00 bits per heavy atom. The summed E-state index contributed by atoms with van der Waals surface area (Å²) in [5.41, 5.74) is 6.35. The average Bonchev–Trinajstić information content (AvgIpc) is 2.89. The molecule has 1 spiro atoms. The van der Waals surface area contributed by atoms with Crippen molar-refractivity contribution in [3.05, 3.63) is 59.7 Å². The lowest BCUT2D eigenvalue weighted by molar-refractivity contribution is -0.0654. The number of nitrogens with zero attached hydrogens (tertiary/aromatic N) is 1. The third kappa shape index (κ3) is 1.73. The number of anilines is 2. The number of hydrogen-bond donors (Lipinski definition) is 0. The van der Waals surface area contributed by atoms with Gasteiger partial charge < -0.3 is 4.90 Å². The van der Waals surface area contributed by atoms with E-state index in [1.165, 1.54) is 49.0 Å². The average molecular weight is 344 g/mol. The molecule has 7 rings (SSSR count). The van der Waals surface area contributed by atoms with Crippen LogP contribution in [0.5, 0.6) is 0 Å². The molecule has 2 aromatic rings. The molecule has 4 bridgehead atoms. The van der Waals surface area contributed by atoms with E-state index in [9.17, 15) is 0 Å². The highest BCUT2D eigenvalue weighted by atomic mass is 15.2. The Bertz CT molecular complexity index is 838. The highest BCUT2D eigenvalue weighted by molar-refractivity contribution is 5.76. The summed E-state index contributed by atoms with van der Waals surface area (Å²) in [4.78, 5) is 2.70.